The third-order valence-corrected chi connectivity index (χ3v) is 8.89. The summed E-state index contributed by atoms with van der Waals surface area (Å²) in [5.74, 6) is 0. The standard InChI is InChI=1S/C26H36N2O2S/c1-24(2,23-22-20(8-16-29-23)9-18-31-22)28-15-12-25(21-7-3-6-14-27-21)13-17-30-26(19-25)10-4-5-11-26/h3,6-7,9,14,18,23,28H,4-5,8,10-13,15-17,19H2,1-2H3/t23?,25-/m1/s1. The van der Waals surface area contributed by atoms with E-state index in [0.29, 0.717) is 0 Å². The van der Waals surface area contributed by atoms with Crippen molar-refractivity contribution in [3.8, 4) is 0 Å². The zero-order valence-corrected chi connectivity index (χ0v) is 19.8. The predicted octanol–water partition coefficient (Wildman–Crippen LogP) is 5.58. The predicted molar refractivity (Wildman–Crippen MR) is 126 cm³/mol. The summed E-state index contributed by atoms with van der Waals surface area (Å²) in [7, 11) is 0. The molecule has 2 aliphatic heterocycles. The molecular weight excluding hydrogens is 404 g/mol. The Labute approximate surface area is 190 Å². The van der Waals surface area contributed by atoms with Crippen LogP contribution in [0, 0.1) is 0 Å². The van der Waals surface area contributed by atoms with Crippen molar-refractivity contribution < 1.29 is 9.47 Å². The van der Waals surface area contributed by atoms with Crippen molar-refractivity contribution in [1.29, 1.82) is 0 Å². The van der Waals surface area contributed by atoms with Crippen molar-refractivity contribution >= 4 is 11.3 Å². The van der Waals surface area contributed by atoms with Gasteiger partial charge in [-0.15, -0.1) is 11.3 Å². The minimum atomic E-state index is -0.110. The molecule has 1 aliphatic carbocycles. The maximum atomic E-state index is 6.41. The van der Waals surface area contributed by atoms with Crippen molar-refractivity contribution in [3.05, 3.63) is 52.0 Å². The average Bonchev–Trinajstić information content (AvgIpc) is 3.44. The first-order valence-corrected chi connectivity index (χ1v) is 12.9. The average molecular weight is 441 g/mol. The summed E-state index contributed by atoms with van der Waals surface area (Å²) in [6.45, 7) is 7.21. The monoisotopic (exact) mass is 440 g/mol. The zero-order valence-electron chi connectivity index (χ0n) is 19.0. The molecule has 2 fully saturated rings. The third-order valence-electron chi connectivity index (χ3n) is 7.89. The van der Waals surface area contributed by atoms with Crippen LogP contribution in [0.3, 0.4) is 0 Å². The first kappa shape index (κ1) is 21.6. The Balaban J connectivity index is 1.33. The largest absolute Gasteiger partial charge is 0.375 e. The van der Waals surface area contributed by atoms with Crippen LogP contribution in [0.4, 0.5) is 0 Å². The van der Waals surface area contributed by atoms with E-state index in [2.05, 4.69) is 42.7 Å². The molecule has 5 heteroatoms. The highest BCUT2D eigenvalue weighted by Gasteiger charge is 2.48. The van der Waals surface area contributed by atoms with Crippen molar-refractivity contribution in [2.45, 2.75) is 87.9 Å². The first-order chi connectivity index (χ1) is 15.0. The minimum Gasteiger partial charge on any atom is -0.375 e. The summed E-state index contributed by atoms with van der Waals surface area (Å²) in [6.07, 6.45) is 11.4. The number of aromatic nitrogens is 1. The van der Waals surface area contributed by atoms with Gasteiger partial charge in [0, 0.05) is 34.3 Å². The van der Waals surface area contributed by atoms with Gasteiger partial charge in [0.15, 0.2) is 0 Å². The molecule has 2 aromatic heterocycles. The number of nitrogens with one attached hydrogen (secondary N) is 1. The Kier molecular flexibility index (Phi) is 5.97. The lowest BCUT2D eigenvalue weighted by Gasteiger charge is -2.47. The second-order valence-corrected chi connectivity index (χ2v) is 11.3. The normalized spacial score (nSPS) is 28.0. The number of rotatable bonds is 6. The summed E-state index contributed by atoms with van der Waals surface area (Å²) in [5.41, 5.74) is 2.77. The van der Waals surface area contributed by atoms with Gasteiger partial charge in [-0.1, -0.05) is 18.9 Å². The van der Waals surface area contributed by atoms with Gasteiger partial charge in [0.25, 0.3) is 0 Å². The molecule has 4 nitrogen and oxygen atoms in total. The van der Waals surface area contributed by atoms with Crippen LogP contribution < -0.4 is 5.32 Å². The van der Waals surface area contributed by atoms with Crippen LogP contribution in [0.25, 0.3) is 0 Å². The molecule has 1 saturated carbocycles. The number of hydrogen-bond donors (Lipinski definition) is 1. The van der Waals surface area contributed by atoms with Crippen molar-refractivity contribution in [1.82, 2.24) is 10.3 Å². The second kappa shape index (κ2) is 8.58. The molecule has 4 heterocycles. The second-order valence-electron chi connectivity index (χ2n) is 10.4. The van der Waals surface area contributed by atoms with Crippen molar-refractivity contribution in [2.75, 3.05) is 19.8 Å². The van der Waals surface area contributed by atoms with Crippen LogP contribution in [0.2, 0.25) is 0 Å². The number of fused-ring (bicyclic) bond motifs is 1. The minimum absolute atomic E-state index is 0.0731. The van der Waals surface area contributed by atoms with E-state index in [1.54, 1.807) is 0 Å². The van der Waals surface area contributed by atoms with Gasteiger partial charge in [0.1, 0.15) is 6.10 Å². The molecule has 1 saturated heterocycles. The fraction of sp³-hybridized carbons (Fsp3) is 0.654. The summed E-state index contributed by atoms with van der Waals surface area (Å²) in [4.78, 5) is 6.25. The van der Waals surface area contributed by atoms with Crippen LogP contribution in [0.1, 0.15) is 81.0 Å². The smallest absolute Gasteiger partial charge is 0.109 e. The SMILES string of the molecule is CC(C)(NCC[C@@]1(c2ccccn2)CCOC2(CCCC2)C1)C1OCCc2ccsc21. The van der Waals surface area contributed by atoms with E-state index in [4.69, 9.17) is 14.5 Å². The maximum absolute atomic E-state index is 6.41. The highest BCUT2D eigenvalue weighted by atomic mass is 32.1. The van der Waals surface area contributed by atoms with Crippen LogP contribution in [-0.2, 0) is 21.3 Å². The van der Waals surface area contributed by atoms with Crippen LogP contribution in [0.15, 0.2) is 35.8 Å². The van der Waals surface area contributed by atoms with Gasteiger partial charge < -0.3 is 14.8 Å². The lowest BCUT2D eigenvalue weighted by atomic mass is 9.68. The number of hydrogen-bond acceptors (Lipinski definition) is 5. The quantitative estimate of drug-likeness (QED) is 0.637. The van der Waals surface area contributed by atoms with E-state index in [9.17, 15) is 0 Å². The van der Waals surface area contributed by atoms with Crippen LogP contribution in [-0.4, -0.2) is 35.9 Å². The maximum Gasteiger partial charge on any atom is 0.109 e. The molecule has 2 atom stereocenters. The Hall–Kier alpha value is -1.27. The third kappa shape index (κ3) is 4.22. The Morgan fingerprint density at radius 3 is 2.84 bits per heavy atom. The molecule has 31 heavy (non-hydrogen) atoms. The zero-order chi connectivity index (χ0) is 21.4. The molecule has 5 rings (SSSR count). The van der Waals surface area contributed by atoms with Gasteiger partial charge in [-0.3, -0.25) is 4.98 Å². The number of pyridine rings is 1. The molecule has 0 bridgehead atoms. The summed E-state index contributed by atoms with van der Waals surface area (Å²) >= 11 is 1.84. The Morgan fingerprint density at radius 1 is 1.16 bits per heavy atom. The number of thiophene rings is 1. The molecule has 168 valence electrons. The lowest BCUT2D eigenvalue weighted by Crippen LogP contribution is -2.51. The first-order valence-electron chi connectivity index (χ1n) is 12.0. The van der Waals surface area contributed by atoms with E-state index < -0.39 is 0 Å². The molecule has 2 aromatic rings. The molecule has 0 radical (unpaired) electrons. The Bertz CT molecular complexity index is 875. The summed E-state index contributed by atoms with van der Waals surface area (Å²) in [6, 6.07) is 8.68. The number of nitrogens with zero attached hydrogens (tertiary/aromatic N) is 1. The van der Waals surface area contributed by atoms with Crippen LogP contribution in [0.5, 0.6) is 0 Å². The molecule has 1 spiro atoms. The van der Waals surface area contributed by atoms with Gasteiger partial charge in [-0.2, -0.15) is 0 Å². The van der Waals surface area contributed by atoms with Gasteiger partial charge in [0.2, 0.25) is 0 Å². The van der Waals surface area contributed by atoms with E-state index in [1.165, 1.54) is 41.8 Å². The van der Waals surface area contributed by atoms with Crippen molar-refractivity contribution in [2.24, 2.45) is 0 Å². The van der Waals surface area contributed by atoms with E-state index in [1.807, 2.05) is 23.6 Å². The van der Waals surface area contributed by atoms with Crippen LogP contribution >= 0.6 is 11.3 Å². The van der Waals surface area contributed by atoms with Gasteiger partial charge in [-0.05, 0) is 88.1 Å². The molecule has 0 aromatic carbocycles. The summed E-state index contributed by atoms with van der Waals surface area (Å²) in [5, 5.41) is 6.10. The molecule has 0 amide bonds. The molecule has 1 N–H and O–H groups in total. The van der Waals surface area contributed by atoms with Gasteiger partial charge >= 0.3 is 0 Å². The summed E-state index contributed by atoms with van der Waals surface area (Å²) < 4.78 is 12.7. The fourth-order valence-corrected chi connectivity index (χ4v) is 7.38. The van der Waals surface area contributed by atoms with E-state index in [0.717, 1.165) is 45.4 Å². The van der Waals surface area contributed by atoms with Crippen molar-refractivity contribution in [3.63, 3.8) is 0 Å². The highest BCUT2D eigenvalue weighted by molar-refractivity contribution is 7.10. The molecular formula is C26H36N2O2S. The Morgan fingerprint density at radius 2 is 2.03 bits per heavy atom. The number of ether oxygens (including phenoxy) is 2. The van der Waals surface area contributed by atoms with Gasteiger partial charge in [-0.25, -0.2) is 0 Å². The van der Waals surface area contributed by atoms with E-state index >= 15 is 0 Å². The molecule has 1 unspecified atom stereocenters. The fourth-order valence-electron chi connectivity index (χ4n) is 6.20. The lowest BCUT2D eigenvalue weighted by molar-refractivity contribution is -0.104. The van der Waals surface area contributed by atoms with E-state index in [-0.39, 0.29) is 22.7 Å². The van der Waals surface area contributed by atoms with Gasteiger partial charge in [0.05, 0.1) is 12.2 Å². The topological polar surface area (TPSA) is 43.4 Å². The molecule has 3 aliphatic rings. The highest BCUT2D eigenvalue weighted by Crippen LogP contribution is 2.49.